The maximum Gasteiger partial charge on any atom is 0.202 e. The zero-order chi connectivity index (χ0) is 12.0. The van der Waals surface area contributed by atoms with Crippen molar-refractivity contribution in [2.75, 3.05) is 11.9 Å². The van der Waals surface area contributed by atoms with Gasteiger partial charge in [-0.3, -0.25) is 9.32 Å². The van der Waals surface area contributed by atoms with Crippen LogP contribution < -0.4 is 16.2 Å². The van der Waals surface area contributed by atoms with E-state index in [0.29, 0.717) is 6.54 Å². The molecule has 0 fully saturated rings. The number of amidine groups is 1. The van der Waals surface area contributed by atoms with Gasteiger partial charge in [-0.05, 0) is 17.2 Å². The molecule has 0 aliphatic rings. The molecule has 1 aromatic rings. The third-order valence-electron chi connectivity index (χ3n) is 1.62. The van der Waals surface area contributed by atoms with Crippen molar-refractivity contribution in [2.24, 2.45) is 16.0 Å². The summed E-state index contributed by atoms with van der Waals surface area (Å²) >= 11 is 0.774. The van der Waals surface area contributed by atoms with Crippen LogP contribution in [0.3, 0.4) is 0 Å². The molecule has 0 spiro atoms. The molecule has 9 nitrogen and oxygen atoms in total. The second-order valence-electron chi connectivity index (χ2n) is 2.83. The van der Waals surface area contributed by atoms with Crippen molar-refractivity contribution >= 4 is 23.9 Å². The Kier molecular flexibility index (Phi) is 4.82. The smallest absolute Gasteiger partial charge is 0.202 e. The zero-order valence-electron chi connectivity index (χ0n) is 8.45. The minimum atomic E-state index is -0.189. The van der Waals surface area contributed by atoms with E-state index in [1.54, 1.807) is 0 Å². The second kappa shape index (κ2) is 6.15. The molecule has 10 heteroatoms. The zero-order valence-corrected chi connectivity index (χ0v) is 9.27. The highest BCUT2D eigenvalue weighted by molar-refractivity contribution is 7.92. The summed E-state index contributed by atoms with van der Waals surface area (Å²) in [6.45, 7) is 2.23. The molecule has 0 bridgehead atoms. The SMILES string of the molecule is C[C@@H](CNc1nonc1/C(N)=N/O)OSN. The standard InChI is InChI=1S/C6H12N6O3S/c1-3(14-16-8)2-9-6-4(5(7)10-13)11-15-12-6/h3,13H,2,8H2,1H3,(H2,7,10)(H,9,12)/t3-/m0/s1. The first-order valence-corrected chi connectivity index (χ1v) is 5.06. The summed E-state index contributed by atoms with van der Waals surface area (Å²) in [5.41, 5.74) is 5.48. The van der Waals surface area contributed by atoms with Crippen LogP contribution in [0, 0.1) is 0 Å². The Hall–Kier alpha value is -1.52. The second-order valence-corrected chi connectivity index (χ2v) is 3.22. The summed E-state index contributed by atoms with van der Waals surface area (Å²) in [6, 6.07) is 0. The first-order chi connectivity index (χ1) is 7.69. The van der Waals surface area contributed by atoms with Crippen molar-refractivity contribution < 1.29 is 14.0 Å². The average Bonchev–Trinajstić information content (AvgIpc) is 2.74. The Bertz CT molecular complexity index is 356. The largest absolute Gasteiger partial charge is 0.409 e. The maximum atomic E-state index is 8.47. The molecule has 0 amide bonds. The van der Waals surface area contributed by atoms with Crippen molar-refractivity contribution in [3.05, 3.63) is 5.69 Å². The lowest BCUT2D eigenvalue weighted by Crippen LogP contribution is -2.21. The monoisotopic (exact) mass is 248 g/mol. The number of nitrogens with zero attached hydrogens (tertiary/aromatic N) is 3. The average molecular weight is 248 g/mol. The van der Waals surface area contributed by atoms with Crippen LogP contribution in [0.4, 0.5) is 5.82 Å². The molecule has 1 atom stereocenters. The molecule has 0 aliphatic heterocycles. The molecule has 0 unspecified atom stereocenters. The van der Waals surface area contributed by atoms with E-state index in [1.165, 1.54) is 0 Å². The van der Waals surface area contributed by atoms with E-state index >= 15 is 0 Å². The van der Waals surface area contributed by atoms with E-state index < -0.39 is 0 Å². The summed E-state index contributed by atoms with van der Waals surface area (Å²) in [6.07, 6.45) is -0.146. The van der Waals surface area contributed by atoms with E-state index in [2.05, 4.69) is 25.4 Å². The van der Waals surface area contributed by atoms with E-state index in [0.717, 1.165) is 12.2 Å². The van der Waals surface area contributed by atoms with Crippen LogP contribution in [0.1, 0.15) is 12.6 Å². The van der Waals surface area contributed by atoms with Gasteiger partial charge in [0.2, 0.25) is 5.82 Å². The minimum Gasteiger partial charge on any atom is -0.409 e. The fourth-order valence-electron chi connectivity index (χ4n) is 0.889. The van der Waals surface area contributed by atoms with Gasteiger partial charge in [0, 0.05) is 6.54 Å². The molecule has 0 radical (unpaired) electrons. The maximum absolute atomic E-state index is 8.47. The third-order valence-corrected chi connectivity index (χ3v) is 2.06. The summed E-state index contributed by atoms with van der Waals surface area (Å²) in [5.74, 6) is 0.0818. The molecule has 1 heterocycles. The number of rotatable bonds is 6. The van der Waals surface area contributed by atoms with Gasteiger partial charge in [-0.2, -0.15) is 0 Å². The fraction of sp³-hybridized carbons (Fsp3) is 0.500. The normalized spacial score (nSPS) is 13.8. The predicted octanol–water partition coefficient (Wildman–Crippen LogP) is -0.497. The first-order valence-electron chi connectivity index (χ1n) is 4.25. The summed E-state index contributed by atoms with van der Waals surface area (Å²) < 4.78 is 9.46. The Morgan fingerprint density at radius 1 is 1.75 bits per heavy atom. The van der Waals surface area contributed by atoms with Gasteiger partial charge in [-0.1, -0.05) is 5.16 Å². The van der Waals surface area contributed by atoms with Crippen LogP contribution in [0.5, 0.6) is 0 Å². The lowest BCUT2D eigenvalue weighted by molar-refractivity contribution is 0.278. The van der Waals surface area contributed by atoms with E-state index in [9.17, 15) is 0 Å². The molecule has 1 rings (SSSR count). The molecule has 0 aliphatic carbocycles. The predicted molar refractivity (Wildman–Crippen MR) is 57.6 cm³/mol. The Balaban J connectivity index is 2.57. The molecule has 0 saturated heterocycles. The van der Waals surface area contributed by atoms with Gasteiger partial charge in [0.15, 0.2) is 11.5 Å². The summed E-state index contributed by atoms with van der Waals surface area (Å²) in [5, 5.41) is 26.3. The van der Waals surface area contributed by atoms with Gasteiger partial charge in [0.25, 0.3) is 0 Å². The van der Waals surface area contributed by atoms with E-state index in [1.807, 2.05) is 6.92 Å². The summed E-state index contributed by atoms with van der Waals surface area (Å²) in [7, 11) is 0. The van der Waals surface area contributed by atoms with E-state index in [4.69, 9.17) is 20.3 Å². The lowest BCUT2D eigenvalue weighted by atomic mass is 10.3. The minimum absolute atomic E-state index is 0.134. The highest BCUT2D eigenvalue weighted by atomic mass is 32.2. The molecular formula is C6H12N6O3S. The Labute approximate surface area is 95.5 Å². The Morgan fingerprint density at radius 3 is 3.12 bits per heavy atom. The lowest BCUT2D eigenvalue weighted by Gasteiger charge is -2.09. The van der Waals surface area contributed by atoms with Crippen molar-refractivity contribution in [3.8, 4) is 0 Å². The van der Waals surface area contributed by atoms with Crippen molar-refractivity contribution in [1.82, 2.24) is 10.3 Å². The van der Waals surface area contributed by atoms with Crippen LogP contribution in [-0.4, -0.2) is 34.0 Å². The van der Waals surface area contributed by atoms with Gasteiger partial charge in [0.05, 0.1) is 18.3 Å². The molecule has 16 heavy (non-hydrogen) atoms. The highest BCUT2D eigenvalue weighted by Crippen LogP contribution is 2.09. The highest BCUT2D eigenvalue weighted by Gasteiger charge is 2.15. The Morgan fingerprint density at radius 2 is 2.50 bits per heavy atom. The summed E-state index contributed by atoms with van der Waals surface area (Å²) in [4.78, 5) is 0. The topological polar surface area (TPSA) is 145 Å². The fourth-order valence-corrected chi connectivity index (χ4v) is 1.15. The molecule has 0 aromatic carbocycles. The van der Waals surface area contributed by atoms with Crippen molar-refractivity contribution in [2.45, 2.75) is 13.0 Å². The van der Waals surface area contributed by atoms with E-state index in [-0.39, 0.29) is 23.5 Å². The van der Waals surface area contributed by atoms with Crippen LogP contribution in [0.15, 0.2) is 9.78 Å². The van der Waals surface area contributed by atoms with Crippen LogP contribution >= 0.6 is 12.2 Å². The molecule has 6 N–H and O–H groups in total. The number of oxime groups is 1. The van der Waals surface area contributed by atoms with Crippen LogP contribution in [0.25, 0.3) is 0 Å². The van der Waals surface area contributed by atoms with Crippen LogP contribution in [0.2, 0.25) is 0 Å². The van der Waals surface area contributed by atoms with Gasteiger partial charge in [-0.25, -0.2) is 4.63 Å². The van der Waals surface area contributed by atoms with Gasteiger partial charge < -0.3 is 16.3 Å². The number of nitrogens with two attached hydrogens (primary N) is 2. The number of nitrogens with one attached hydrogen (secondary N) is 1. The molecule has 0 saturated carbocycles. The quantitative estimate of drug-likeness (QED) is 0.131. The number of hydrogen-bond donors (Lipinski definition) is 4. The number of hydrogen-bond acceptors (Lipinski definition) is 9. The molecular weight excluding hydrogens is 236 g/mol. The van der Waals surface area contributed by atoms with Gasteiger partial charge in [0.1, 0.15) is 0 Å². The molecule has 90 valence electrons. The van der Waals surface area contributed by atoms with Crippen LogP contribution in [-0.2, 0) is 4.18 Å². The van der Waals surface area contributed by atoms with Gasteiger partial charge >= 0.3 is 0 Å². The molecule has 1 aromatic heterocycles. The van der Waals surface area contributed by atoms with Crippen molar-refractivity contribution in [3.63, 3.8) is 0 Å². The van der Waals surface area contributed by atoms with Crippen molar-refractivity contribution in [1.29, 1.82) is 0 Å². The number of anilines is 1. The van der Waals surface area contributed by atoms with Gasteiger partial charge in [-0.15, -0.1) is 0 Å². The third kappa shape index (κ3) is 3.25. The number of aromatic nitrogens is 2. The first kappa shape index (κ1) is 12.5.